The van der Waals surface area contributed by atoms with E-state index >= 15 is 0 Å². The zero-order valence-electron chi connectivity index (χ0n) is 13.7. The van der Waals surface area contributed by atoms with Crippen molar-refractivity contribution in [3.63, 3.8) is 0 Å². The van der Waals surface area contributed by atoms with Gasteiger partial charge in [0.15, 0.2) is 9.84 Å². The predicted octanol–water partition coefficient (Wildman–Crippen LogP) is 1.21. The molecule has 2 aromatic rings. The van der Waals surface area contributed by atoms with Crippen molar-refractivity contribution in [1.82, 2.24) is 4.31 Å². The Labute approximate surface area is 148 Å². The van der Waals surface area contributed by atoms with Gasteiger partial charge < -0.3 is 5.73 Å². The Morgan fingerprint density at radius 3 is 2.20 bits per heavy atom. The highest BCUT2D eigenvalue weighted by atomic mass is 32.2. The highest BCUT2D eigenvalue weighted by molar-refractivity contribution is 7.91. The van der Waals surface area contributed by atoms with E-state index in [1.807, 2.05) is 30.3 Å². The van der Waals surface area contributed by atoms with E-state index in [9.17, 15) is 16.8 Å². The average molecular weight is 380 g/mol. The zero-order valence-corrected chi connectivity index (χ0v) is 15.4. The molecule has 0 aromatic heterocycles. The molecule has 3 rings (SSSR count). The Morgan fingerprint density at radius 1 is 0.920 bits per heavy atom. The van der Waals surface area contributed by atoms with Crippen molar-refractivity contribution < 1.29 is 16.8 Å². The fourth-order valence-corrected chi connectivity index (χ4v) is 5.35. The Bertz CT molecular complexity index is 973. The van der Waals surface area contributed by atoms with Crippen molar-refractivity contribution in [2.75, 3.05) is 19.3 Å². The van der Waals surface area contributed by atoms with Gasteiger partial charge in [-0.25, -0.2) is 16.8 Å². The molecule has 1 heterocycles. The van der Waals surface area contributed by atoms with Crippen LogP contribution in [-0.2, 0) is 19.9 Å². The van der Waals surface area contributed by atoms with E-state index in [4.69, 9.17) is 5.73 Å². The van der Waals surface area contributed by atoms with Gasteiger partial charge in [0.1, 0.15) is 0 Å². The van der Waals surface area contributed by atoms with Crippen LogP contribution in [0.15, 0.2) is 64.4 Å². The van der Waals surface area contributed by atoms with Crippen LogP contribution in [0.25, 0.3) is 0 Å². The van der Waals surface area contributed by atoms with Crippen molar-refractivity contribution in [2.45, 2.75) is 21.8 Å². The summed E-state index contributed by atoms with van der Waals surface area (Å²) in [6, 6.07) is 14.7. The van der Waals surface area contributed by atoms with E-state index in [-0.39, 0.29) is 34.8 Å². The molecular formula is C17H20N2O4S2. The summed E-state index contributed by atoms with van der Waals surface area (Å²) in [5, 5.41) is 0. The van der Waals surface area contributed by atoms with Crippen LogP contribution in [0.5, 0.6) is 0 Å². The monoisotopic (exact) mass is 380 g/mol. The summed E-state index contributed by atoms with van der Waals surface area (Å²) in [4.78, 5) is -0.0481. The number of benzene rings is 2. The molecule has 1 fully saturated rings. The summed E-state index contributed by atoms with van der Waals surface area (Å²) in [6.45, 7) is 0.474. The van der Waals surface area contributed by atoms with Crippen molar-refractivity contribution in [2.24, 2.45) is 5.73 Å². The van der Waals surface area contributed by atoms with Crippen molar-refractivity contribution in [3.8, 4) is 0 Å². The van der Waals surface area contributed by atoms with Gasteiger partial charge in [0.2, 0.25) is 10.0 Å². The Morgan fingerprint density at radius 2 is 1.56 bits per heavy atom. The van der Waals surface area contributed by atoms with Gasteiger partial charge in [-0.1, -0.05) is 36.4 Å². The van der Waals surface area contributed by atoms with Gasteiger partial charge in [-0.2, -0.15) is 4.31 Å². The maximum absolute atomic E-state index is 12.9. The molecular weight excluding hydrogens is 360 g/mol. The normalized spacial score (nSPS) is 22.2. The summed E-state index contributed by atoms with van der Waals surface area (Å²) in [7, 11) is -7.29. The zero-order chi connectivity index (χ0) is 18.2. The minimum atomic E-state index is -3.81. The van der Waals surface area contributed by atoms with Crippen molar-refractivity contribution in [3.05, 3.63) is 60.2 Å². The minimum Gasteiger partial charge on any atom is -0.326 e. The second kappa shape index (κ2) is 6.53. The maximum atomic E-state index is 12.9. The van der Waals surface area contributed by atoms with E-state index in [2.05, 4.69) is 0 Å². The van der Waals surface area contributed by atoms with Gasteiger partial charge in [0, 0.05) is 31.3 Å². The molecule has 0 bridgehead atoms. The SMILES string of the molecule is CS(=O)(=O)c1cccc(S(=O)(=O)N2C[C@@H](N)[C@H](c3ccccc3)C2)c1. The first-order valence-corrected chi connectivity index (χ1v) is 11.1. The van der Waals surface area contributed by atoms with Crippen LogP contribution < -0.4 is 5.73 Å². The molecule has 2 atom stereocenters. The molecule has 0 radical (unpaired) electrons. The van der Waals surface area contributed by atoms with E-state index in [1.54, 1.807) is 0 Å². The van der Waals surface area contributed by atoms with Crippen LogP contribution in [0.1, 0.15) is 11.5 Å². The molecule has 0 aliphatic carbocycles. The van der Waals surface area contributed by atoms with Crippen LogP contribution in [0.2, 0.25) is 0 Å². The number of sulfone groups is 1. The van der Waals surface area contributed by atoms with E-state index in [0.717, 1.165) is 11.8 Å². The molecule has 1 aliphatic heterocycles. The third-order valence-electron chi connectivity index (χ3n) is 4.43. The summed E-state index contributed by atoms with van der Waals surface area (Å²) in [6.07, 6.45) is 1.05. The standard InChI is InChI=1S/C17H20N2O4S2/c1-24(20,21)14-8-5-9-15(10-14)25(22,23)19-11-16(17(18)12-19)13-6-3-2-4-7-13/h2-10,16-17H,11-12,18H2,1H3/t16-,17+/m0/s1. The summed E-state index contributed by atoms with van der Waals surface area (Å²) in [5.74, 6) is -0.0888. The fourth-order valence-electron chi connectivity index (χ4n) is 3.06. The van der Waals surface area contributed by atoms with Gasteiger partial charge in [-0.3, -0.25) is 0 Å². The molecule has 8 heteroatoms. The number of nitrogens with zero attached hydrogens (tertiary/aromatic N) is 1. The fraction of sp³-hybridized carbons (Fsp3) is 0.294. The van der Waals surface area contributed by atoms with Crippen LogP contribution >= 0.6 is 0 Å². The quantitative estimate of drug-likeness (QED) is 0.860. The molecule has 0 saturated carbocycles. The second-order valence-electron chi connectivity index (χ2n) is 6.25. The topological polar surface area (TPSA) is 97.5 Å². The van der Waals surface area contributed by atoms with Gasteiger partial charge in [-0.05, 0) is 23.8 Å². The Kier molecular flexibility index (Phi) is 4.72. The number of rotatable bonds is 4. The van der Waals surface area contributed by atoms with Crippen LogP contribution in [0, 0.1) is 0 Å². The van der Waals surface area contributed by atoms with Gasteiger partial charge in [0.25, 0.3) is 0 Å². The molecule has 134 valence electrons. The lowest BCUT2D eigenvalue weighted by atomic mass is 9.95. The van der Waals surface area contributed by atoms with Crippen molar-refractivity contribution >= 4 is 19.9 Å². The average Bonchev–Trinajstić information content (AvgIpc) is 2.98. The molecule has 0 unspecified atom stereocenters. The second-order valence-corrected chi connectivity index (χ2v) is 10.2. The molecule has 0 amide bonds. The lowest BCUT2D eigenvalue weighted by Crippen LogP contribution is -2.32. The van der Waals surface area contributed by atoms with E-state index in [0.29, 0.717) is 0 Å². The first-order valence-electron chi connectivity index (χ1n) is 7.80. The third kappa shape index (κ3) is 3.62. The molecule has 6 nitrogen and oxygen atoms in total. The van der Waals surface area contributed by atoms with Gasteiger partial charge >= 0.3 is 0 Å². The highest BCUT2D eigenvalue weighted by Crippen LogP contribution is 2.31. The lowest BCUT2D eigenvalue weighted by molar-refractivity contribution is 0.470. The van der Waals surface area contributed by atoms with Crippen molar-refractivity contribution in [1.29, 1.82) is 0 Å². The first kappa shape index (κ1) is 18.1. The smallest absolute Gasteiger partial charge is 0.243 e. The summed E-state index contributed by atoms with van der Waals surface area (Å²) in [5.41, 5.74) is 7.17. The maximum Gasteiger partial charge on any atom is 0.243 e. The van der Waals surface area contributed by atoms with E-state index in [1.165, 1.54) is 28.6 Å². The number of sulfonamides is 1. The molecule has 1 saturated heterocycles. The van der Waals surface area contributed by atoms with Crippen LogP contribution in [0.3, 0.4) is 0 Å². The molecule has 2 N–H and O–H groups in total. The van der Waals surface area contributed by atoms with Gasteiger partial charge in [0.05, 0.1) is 9.79 Å². The predicted molar refractivity (Wildman–Crippen MR) is 95.5 cm³/mol. The third-order valence-corrected chi connectivity index (χ3v) is 7.37. The summed E-state index contributed by atoms with van der Waals surface area (Å²) < 4.78 is 50.5. The number of hydrogen-bond acceptors (Lipinski definition) is 5. The minimum absolute atomic E-state index is 0.0170. The number of nitrogens with two attached hydrogens (primary N) is 1. The van der Waals surface area contributed by atoms with Crippen LogP contribution in [0.4, 0.5) is 0 Å². The molecule has 0 spiro atoms. The number of hydrogen-bond donors (Lipinski definition) is 1. The molecule has 2 aromatic carbocycles. The lowest BCUT2D eigenvalue weighted by Gasteiger charge is -2.17. The van der Waals surface area contributed by atoms with Gasteiger partial charge in [-0.15, -0.1) is 0 Å². The Hall–Kier alpha value is -1.74. The first-order chi connectivity index (χ1) is 11.7. The Balaban J connectivity index is 1.92. The molecule has 1 aliphatic rings. The molecule has 25 heavy (non-hydrogen) atoms. The highest BCUT2D eigenvalue weighted by Gasteiger charge is 2.38. The summed E-state index contributed by atoms with van der Waals surface area (Å²) >= 11 is 0. The van der Waals surface area contributed by atoms with Crippen LogP contribution in [-0.4, -0.2) is 46.5 Å². The van der Waals surface area contributed by atoms with E-state index < -0.39 is 19.9 Å². The largest absolute Gasteiger partial charge is 0.326 e.